The van der Waals surface area contributed by atoms with Gasteiger partial charge in [0.05, 0.1) is 11.1 Å². The van der Waals surface area contributed by atoms with Gasteiger partial charge in [-0.25, -0.2) is 4.79 Å². The Hall–Kier alpha value is -1.87. The molecule has 0 atom stereocenters. The molecule has 1 aliphatic carbocycles. The fourth-order valence-corrected chi connectivity index (χ4v) is 2.74. The van der Waals surface area contributed by atoms with Gasteiger partial charge in [0.15, 0.2) is 0 Å². The average Bonchev–Trinajstić information content (AvgIpc) is 2.57. The molecule has 0 spiro atoms. The zero-order valence-electron chi connectivity index (χ0n) is 15.4. The molecule has 3 nitrogen and oxygen atoms in total. The number of benzene rings is 1. The average molecular weight is 360 g/mol. The Labute approximate surface area is 155 Å². The number of carbonyl (C=O) groups excluding carboxylic acids is 1. The predicted octanol–water partition coefficient (Wildman–Crippen LogP) is 5.61. The number of hydrogen-bond acceptors (Lipinski definition) is 3. The minimum atomic E-state index is -0.741. The van der Waals surface area contributed by atoms with Gasteiger partial charge in [0, 0.05) is 5.88 Å². The molecule has 0 saturated carbocycles. The van der Waals surface area contributed by atoms with E-state index in [0.717, 1.165) is 24.1 Å². The summed E-state index contributed by atoms with van der Waals surface area (Å²) in [4.78, 5) is 17.2. The monoisotopic (exact) mass is 359 g/mol. The maximum Gasteiger partial charge on any atom is 0.341 e. The summed E-state index contributed by atoms with van der Waals surface area (Å²) in [7, 11) is 0. The first-order valence-electron chi connectivity index (χ1n) is 8.50. The fraction of sp³-hybridized carbons (Fsp3) is 0.429. The summed E-state index contributed by atoms with van der Waals surface area (Å²) in [5.41, 5.74) is 2.43. The van der Waals surface area contributed by atoms with Crippen LogP contribution < -0.4 is 0 Å². The van der Waals surface area contributed by atoms with Crippen LogP contribution in [0.2, 0.25) is 0 Å². The first kappa shape index (κ1) is 19.5. The second-order valence-electron chi connectivity index (χ2n) is 7.96. The smallest absolute Gasteiger partial charge is 0.317 e. The second kappa shape index (κ2) is 8.01. The molecule has 0 N–H and O–H groups in total. The van der Waals surface area contributed by atoms with Crippen molar-refractivity contribution in [3.05, 3.63) is 53.6 Å². The van der Waals surface area contributed by atoms with Gasteiger partial charge in [-0.3, -0.25) is 0 Å². The zero-order chi connectivity index (χ0) is 18.5. The van der Waals surface area contributed by atoms with Crippen molar-refractivity contribution in [1.82, 2.24) is 0 Å². The summed E-state index contributed by atoms with van der Waals surface area (Å²) >= 11 is 5.81. The van der Waals surface area contributed by atoms with Gasteiger partial charge in [-0.15, -0.1) is 11.6 Å². The van der Waals surface area contributed by atoms with E-state index >= 15 is 0 Å². The summed E-state index contributed by atoms with van der Waals surface area (Å²) in [6.45, 7) is 7.88. The van der Waals surface area contributed by atoms with E-state index in [1.54, 1.807) is 13.8 Å². The Morgan fingerprint density at radius 3 is 2.56 bits per heavy atom. The molecule has 134 valence electrons. The molecule has 1 aromatic rings. The molecule has 0 radical (unpaired) electrons. The third kappa shape index (κ3) is 5.86. The number of hydrogen-bond donors (Lipinski definition) is 0. The van der Waals surface area contributed by atoms with Crippen molar-refractivity contribution in [2.45, 2.75) is 40.5 Å². The van der Waals surface area contributed by atoms with Gasteiger partial charge < -0.3 is 4.84 Å². The van der Waals surface area contributed by atoms with Crippen LogP contribution in [0.3, 0.4) is 0 Å². The van der Waals surface area contributed by atoms with Crippen LogP contribution in [-0.4, -0.2) is 17.6 Å². The molecule has 1 aromatic carbocycles. The lowest BCUT2D eigenvalue weighted by Crippen LogP contribution is -2.28. The van der Waals surface area contributed by atoms with Crippen LogP contribution in [0.25, 0.3) is 6.08 Å². The van der Waals surface area contributed by atoms with Gasteiger partial charge >= 0.3 is 5.97 Å². The number of halogens is 1. The molecule has 2 rings (SSSR count). The first-order valence-corrected chi connectivity index (χ1v) is 9.03. The summed E-state index contributed by atoms with van der Waals surface area (Å²) in [6, 6.07) is 10.2. The molecular formula is C21H26ClNO2. The van der Waals surface area contributed by atoms with E-state index in [1.165, 1.54) is 5.57 Å². The van der Waals surface area contributed by atoms with Gasteiger partial charge in [0.1, 0.15) is 0 Å². The third-order valence-electron chi connectivity index (χ3n) is 4.12. The van der Waals surface area contributed by atoms with Crippen LogP contribution >= 0.6 is 11.6 Å². The summed E-state index contributed by atoms with van der Waals surface area (Å²) in [6.07, 6.45) is 7.93. The Kier molecular flexibility index (Phi) is 6.23. The van der Waals surface area contributed by atoms with Gasteiger partial charge in [0.25, 0.3) is 0 Å². The molecule has 1 aliphatic rings. The lowest BCUT2D eigenvalue weighted by Gasteiger charge is -2.29. The fourth-order valence-electron chi connectivity index (χ4n) is 2.63. The van der Waals surface area contributed by atoms with E-state index in [1.807, 2.05) is 24.3 Å². The SMILES string of the molecule is CC1(C)CC(/C=C/c2ccccc2)=CC(=N\OC(=O)C(C)(C)CCl)/C1. The topological polar surface area (TPSA) is 38.7 Å². The molecule has 4 heteroatoms. The van der Waals surface area contributed by atoms with Crippen molar-refractivity contribution in [1.29, 1.82) is 0 Å². The van der Waals surface area contributed by atoms with Gasteiger partial charge in [-0.2, -0.15) is 0 Å². The van der Waals surface area contributed by atoms with Crippen molar-refractivity contribution in [3.8, 4) is 0 Å². The van der Waals surface area contributed by atoms with Crippen molar-refractivity contribution >= 4 is 29.4 Å². The van der Waals surface area contributed by atoms with E-state index in [2.05, 4.69) is 43.3 Å². The van der Waals surface area contributed by atoms with Crippen LogP contribution in [0.5, 0.6) is 0 Å². The number of carbonyl (C=O) groups is 1. The highest BCUT2D eigenvalue weighted by molar-refractivity contribution is 6.19. The minimum Gasteiger partial charge on any atom is -0.317 e. The standard InChI is InChI=1S/C21H26ClNO2/c1-20(2)13-17(11-10-16-8-6-5-7-9-16)12-18(14-20)23-25-19(24)21(3,4)15-22/h5-12H,13-15H2,1-4H3/b11-10+,23-18+. The van der Waals surface area contributed by atoms with E-state index < -0.39 is 11.4 Å². The number of alkyl halides is 1. The lowest BCUT2D eigenvalue weighted by molar-refractivity contribution is -0.152. The summed E-state index contributed by atoms with van der Waals surface area (Å²) < 4.78 is 0. The molecular weight excluding hydrogens is 334 g/mol. The normalized spacial score (nSPS) is 19.1. The van der Waals surface area contributed by atoms with E-state index in [9.17, 15) is 4.79 Å². The third-order valence-corrected chi connectivity index (χ3v) is 4.78. The minimum absolute atomic E-state index is 0.0678. The Balaban J connectivity index is 2.16. The quantitative estimate of drug-likeness (QED) is 0.389. The summed E-state index contributed by atoms with van der Waals surface area (Å²) in [5.74, 6) is -0.212. The Morgan fingerprint density at radius 1 is 1.24 bits per heavy atom. The van der Waals surface area contributed by atoms with Crippen molar-refractivity contribution in [3.63, 3.8) is 0 Å². The van der Waals surface area contributed by atoms with Crippen LogP contribution in [0.4, 0.5) is 0 Å². The van der Waals surface area contributed by atoms with Crippen LogP contribution in [-0.2, 0) is 9.63 Å². The number of oxime groups is 1. The number of allylic oxidation sites excluding steroid dienone is 3. The first-order chi connectivity index (χ1) is 11.7. The maximum absolute atomic E-state index is 12.0. The highest BCUT2D eigenvalue weighted by Gasteiger charge is 2.30. The molecule has 0 saturated heterocycles. The van der Waals surface area contributed by atoms with Crippen molar-refractivity contribution in [2.24, 2.45) is 16.0 Å². The number of rotatable bonds is 5. The van der Waals surface area contributed by atoms with E-state index in [-0.39, 0.29) is 11.3 Å². The predicted molar refractivity (Wildman–Crippen MR) is 105 cm³/mol. The second-order valence-corrected chi connectivity index (χ2v) is 8.23. The lowest BCUT2D eigenvalue weighted by atomic mass is 9.76. The highest BCUT2D eigenvalue weighted by Crippen LogP contribution is 2.35. The maximum atomic E-state index is 12.0. The van der Waals surface area contributed by atoms with Gasteiger partial charge in [-0.05, 0) is 49.3 Å². The molecule has 0 fully saturated rings. The van der Waals surface area contributed by atoms with Crippen molar-refractivity contribution < 1.29 is 9.63 Å². The van der Waals surface area contributed by atoms with E-state index in [4.69, 9.17) is 16.4 Å². The molecule has 0 bridgehead atoms. The summed E-state index contributed by atoms with van der Waals surface area (Å²) in [5, 5.41) is 4.10. The highest BCUT2D eigenvalue weighted by atomic mass is 35.5. The largest absolute Gasteiger partial charge is 0.341 e. The Morgan fingerprint density at radius 2 is 1.92 bits per heavy atom. The van der Waals surface area contributed by atoms with Crippen LogP contribution in [0.15, 0.2) is 53.2 Å². The number of nitrogens with zero attached hydrogens (tertiary/aromatic N) is 1. The molecule has 25 heavy (non-hydrogen) atoms. The van der Waals surface area contributed by atoms with Gasteiger partial charge in [0.2, 0.25) is 0 Å². The molecule has 0 amide bonds. The van der Waals surface area contributed by atoms with Gasteiger partial charge in [-0.1, -0.05) is 61.5 Å². The van der Waals surface area contributed by atoms with Crippen molar-refractivity contribution in [2.75, 3.05) is 5.88 Å². The Bertz CT molecular complexity index is 700. The molecule has 0 heterocycles. The molecule has 0 aliphatic heterocycles. The zero-order valence-corrected chi connectivity index (χ0v) is 16.1. The molecule has 0 unspecified atom stereocenters. The molecule has 0 aromatic heterocycles. The van der Waals surface area contributed by atoms with Crippen LogP contribution in [0, 0.1) is 10.8 Å². The van der Waals surface area contributed by atoms with Crippen LogP contribution in [0.1, 0.15) is 46.1 Å². The van der Waals surface area contributed by atoms with E-state index in [0.29, 0.717) is 0 Å².